The maximum atomic E-state index is 14.2. The van der Waals surface area contributed by atoms with Crippen LogP contribution in [0.1, 0.15) is 59.8 Å². The van der Waals surface area contributed by atoms with Crippen molar-refractivity contribution in [3.8, 4) is 0 Å². The number of benzene rings is 2. The lowest BCUT2D eigenvalue weighted by Crippen LogP contribution is -2.52. The van der Waals surface area contributed by atoms with E-state index in [4.69, 9.17) is 0 Å². The van der Waals surface area contributed by atoms with E-state index in [1.165, 1.54) is 17.4 Å². The number of hydrogen-bond acceptors (Lipinski definition) is 6. The second-order valence-electron chi connectivity index (χ2n) is 11.0. The fraction of sp³-hybridized carbons (Fsp3) is 0.367. The number of carbonyl (C=O) groups excluding carboxylic acids is 4. The van der Waals surface area contributed by atoms with Gasteiger partial charge < -0.3 is 20.9 Å². The first-order valence-corrected chi connectivity index (χ1v) is 14.7. The van der Waals surface area contributed by atoms with Gasteiger partial charge in [0.1, 0.15) is 23.4 Å². The molecule has 2 aromatic carbocycles. The van der Waals surface area contributed by atoms with Crippen molar-refractivity contribution in [3.63, 3.8) is 0 Å². The molecule has 220 valence electrons. The number of nitrogens with one attached hydrogen (secondary N) is 4. The summed E-state index contributed by atoms with van der Waals surface area (Å²) >= 11 is 1.23. The molecule has 9 nitrogen and oxygen atoms in total. The molecule has 5 rings (SSSR count). The van der Waals surface area contributed by atoms with E-state index in [1.807, 2.05) is 32.0 Å². The summed E-state index contributed by atoms with van der Waals surface area (Å²) in [6.45, 7) is 4.34. The van der Waals surface area contributed by atoms with Crippen LogP contribution < -0.4 is 16.0 Å². The van der Waals surface area contributed by atoms with Crippen LogP contribution in [-0.4, -0.2) is 52.1 Å². The van der Waals surface area contributed by atoms with E-state index in [0.717, 1.165) is 16.8 Å². The number of aromatic amines is 1. The van der Waals surface area contributed by atoms with Gasteiger partial charge in [-0.1, -0.05) is 26.0 Å². The van der Waals surface area contributed by atoms with Gasteiger partial charge in [-0.05, 0) is 55.9 Å². The third-order valence-electron chi connectivity index (χ3n) is 7.33. The molecule has 12 heteroatoms. The minimum atomic E-state index is -1.02. The Bertz CT molecular complexity index is 1630. The Balaban J connectivity index is 1.36. The van der Waals surface area contributed by atoms with Gasteiger partial charge in [0.25, 0.3) is 5.91 Å². The zero-order valence-corrected chi connectivity index (χ0v) is 23.9. The van der Waals surface area contributed by atoms with Gasteiger partial charge in [-0.15, -0.1) is 11.3 Å². The summed E-state index contributed by atoms with van der Waals surface area (Å²) in [7, 11) is 0. The van der Waals surface area contributed by atoms with E-state index < -0.39 is 35.5 Å². The number of aromatic nitrogens is 2. The summed E-state index contributed by atoms with van der Waals surface area (Å²) < 4.78 is 28.7. The molecule has 0 radical (unpaired) electrons. The van der Waals surface area contributed by atoms with Crippen molar-refractivity contribution in [1.29, 1.82) is 0 Å². The van der Waals surface area contributed by atoms with Crippen LogP contribution in [0.25, 0.3) is 21.1 Å². The average molecular weight is 596 g/mol. The van der Waals surface area contributed by atoms with Gasteiger partial charge >= 0.3 is 0 Å². The molecule has 42 heavy (non-hydrogen) atoms. The van der Waals surface area contributed by atoms with Crippen LogP contribution >= 0.6 is 11.3 Å². The number of hydrogen-bond donors (Lipinski definition) is 4. The maximum Gasteiger partial charge on any atom is 0.268 e. The predicted octanol–water partition coefficient (Wildman–Crippen LogP) is 4.48. The molecule has 0 spiro atoms. The van der Waals surface area contributed by atoms with Gasteiger partial charge in [0, 0.05) is 23.9 Å². The SMILES string of the molecule is CC(C)C[C@H](NC(=O)c1cc2c(F)cc(F)cc2[nH]1)C(=O)N[C@@H](CCC1CCNC1=O)C(=O)c1nc2ccccc2s1. The summed E-state index contributed by atoms with van der Waals surface area (Å²) in [4.78, 5) is 59.7. The molecule has 0 saturated carbocycles. The zero-order chi connectivity index (χ0) is 30.0. The number of rotatable bonds is 11. The third-order valence-corrected chi connectivity index (χ3v) is 8.38. The summed E-state index contributed by atoms with van der Waals surface area (Å²) in [5.41, 5.74) is 0.746. The van der Waals surface area contributed by atoms with Crippen LogP contribution in [0.3, 0.4) is 0 Å². The Hall–Kier alpha value is -4.19. The number of fused-ring (bicyclic) bond motifs is 2. The Morgan fingerprint density at radius 2 is 1.88 bits per heavy atom. The first-order valence-electron chi connectivity index (χ1n) is 13.9. The lowest BCUT2D eigenvalue weighted by Gasteiger charge is -2.24. The molecule has 4 aromatic rings. The Morgan fingerprint density at radius 3 is 2.60 bits per heavy atom. The number of para-hydroxylation sites is 1. The first-order chi connectivity index (χ1) is 20.1. The third kappa shape index (κ3) is 6.48. The van der Waals surface area contributed by atoms with Crippen molar-refractivity contribution in [3.05, 3.63) is 64.8 Å². The lowest BCUT2D eigenvalue weighted by atomic mass is 9.96. The molecular weight excluding hydrogens is 564 g/mol. The van der Waals surface area contributed by atoms with Crippen LogP contribution in [0, 0.1) is 23.5 Å². The number of halogens is 2. The maximum absolute atomic E-state index is 14.2. The van der Waals surface area contributed by atoms with Crippen LogP contribution in [0.5, 0.6) is 0 Å². The van der Waals surface area contributed by atoms with Crippen LogP contribution in [0.4, 0.5) is 8.78 Å². The molecule has 3 amide bonds. The molecule has 0 aliphatic carbocycles. The van der Waals surface area contributed by atoms with Crippen molar-refractivity contribution in [2.24, 2.45) is 11.8 Å². The highest BCUT2D eigenvalue weighted by Crippen LogP contribution is 2.25. The standard InChI is InChI=1S/C30H31F2N5O4S/c1-15(2)11-23(36-29(41)24-14-18-19(32)12-17(31)13-22(18)34-24)28(40)35-21(8-7-16-9-10-33-27(16)39)26(38)30-37-20-5-3-4-6-25(20)42-30/h3-6,12-16,21,23,34H,7-11H2,1-2H3,(H,33,39)(H,35,40)(H,36,41)/t16?,21-,23-/m0/s1. The minimum absolute atomic E-state index is 0.00379. The zero-order valence-electron chi connectivity index (χ0n) is 23.1. The summed E-state index contributed by atoms with van der Waals surface area (Å²) in [5.74, 6) is -3.56. The van der Waals surface area contributed by atoms with Gasteiger partial charge in [0.05, 0.1) is 21.8 Å². The molecule has 1 unspecified atom stereocenters. The Kier molecular flexibility index (Phi) is 8.62. The molecule has 4 N–H and O–H groups in total. The number of nitrogens with zero attached hydrogens (tertiary/aromatic N) is 1. The Morgan fingerprint density at radius 1 is 1.10 bits per heavy atom. The second kappa shape index (κ2) is 12.4. The van der Waals surface area contributed by atoms with E-state index in [0.29, 0.717) is 24.9 Å². The second-order valence-corrected chi connectivity index (χ2v) is 12.0. The highest BCUT2D eigenvalue weighted by atomic mass is 32.1. The number of H-pyrrole nitrogens is 1. The van der Waals surface area contributed by atoms with Gasteiger partial charge in [0.15, 0.2) is 5.01 Å². The van der Waals surface area contributed by atoms with E-state index in [-0.39, 0.29) is 58.0 Å². The van der Waals surface area contributed by atoms with Gasteiger partial charge in [0.2, 0.25) is 17.6 Å². The van der Waals surface area contributed by atoms with Gasteiger partial charge in [-0.25, -0.2) is 13.8 Å². The fourth-order valence-electron chi connectivity index (χ4n) is 5.18. The molecule has 1 fully saturated rings. The first kappa shape index (κ1) is 29.3. The molecule has 1 aliphatic rings. The largest absolute Gasteiger partial charge is 0.356 e. The molecule has 1 saturated heterocycles. The quantitative estimate of drug-likeness (QED) is 0.190. The highest BCUT2D eigenvalue weighted by molar-refractivity contribution is 7.20. The monoisotopic (exact) mass is 595 g/mol. The fourth-order valence-corrected chi connectivity index (χ4v) is 6.14. The summed E-state index contributed by atoms with van der Waals surface area (Å²) in [5, 5.41) is 8.58. The van der Waals surface area contributed by atoms with Gasteiger partial charge in [-0.3, -0.25) is 19.2 Å². The molecule has 1 aliphatic heterocycles. The lowest BCUT2D eigenvalue weighted by molar-refractivity contribution is -0.123. The molecule has 3 heterocycles. The molecule has 3 atom stereocenters. The van der Waals surface area contributed by atoms with Crippen LogP contribution in [-0.2, 0) is 9.59 Å². The smallest absolute Gasteiger partial charge is 0.268 e. The van der Waals surface area contributed by atoms with Crippen LogP contribution in [0.15, 0.2) is 42.5 Å². The summed E-state index contributed by atoms with van der Waals surface area (Å²) in [6.07, 6.45) is 1.52. The van der Waals surface area contributed by atoms with Crippen molar-refractivity contribution < 1.29 is 28.0 Å². The van der Waals surface area contributed by atoms with Crippen molar-refractivity contribution in [2.45, 2.75) is 51.6 Å². The number of ketones is 1. The topological polar surface area (TPSA) is 133 Å². The average Bonchev–Trinajstić information content (AvgIpc) is 3.68. The number of thiazole rings is 1. The van der Waals surface area contributed by atoms with Crippen molar-refractivity contribution in [1.82, 2.24) is 25.9 Å². The van der Waals surface area contributed by atoms with Crippen molar-refractivity contribution in [2.75, 3.05) is 6.54 Å². The van der Waals surface area contributed by atoms with E-state index in [2.05, 4.69) is 25.9 Å². The van der Waals surface area contributed by atoms with Crippen molar-refractivity contribution >= 4 is 56.0 Å². The highest BCUT2D eigenvalue weighted by Gasteiger charge is 2.32. The Labute approximate surface area is 244 Å². The van der Waals surface area contributed by atoms with E-state index in [1.54, 1.807) is 6.07 Å². The van der Waals surface area contributed by atoms with Gasteiger partial charge in [-0.2, -0.15) is 0 Å². The van der Waals surface area contributed by atoms with Crippen LogP contribution in [0.2, 0.25) is 0 Å². The normalized spacial score (nSPS) is 16.5. The predicted molar refractivity (Wildman–Crippen MR) is 155 cm³/mol. The number of carbonyl (C=O) groups is 4. The van der Waals surface area contributed by atoms with E-state index >= 15 is 0 Å². The number of amides is 3. The molecule has 2 aromatic heterocycles. The summed E-state index contributed by atoms with van der Waals surface area (Å²) in [6, 6.07) is 8.41. The molecular formula is C30H31F2N5O4S. The number of Topliss-reactive ketones (excluding diaryl/α,β-unsaturated/α-hetero) is 1. The minimum Gasteiger partial charge on any atom is -0.356 e. The molecule has 0 bridgehead atoms. The van der Waals surface area contributed by atoms with E-state index in [9.17, 15) is 28.0 Å².